The minimum Gasteiger partial charge on any atom is -0.406 e. The van der Waals surface area contributed by atoms with Crippen molar-refractivity contribution in [3.05, 3.63) is 29.8 Å². The number of likely N-dealkylation sites (tertiary alicyclic amines) is 2. The van der Waals surface area contributed by atoms with E-state index in [-0.39, 0.29) is 5.75 Å². The first-order chi connectivity index (χ1) is 14.0. The topological polar surface area (TPSA) is 24.9 Å². The van der Waals surface area contributed by atoms with Gasteiger partial charge in [0.05, 0.1) is 6.61 Å². The molecular weight excluding hydrogens is 381 g/mol. The van der Waals surface area contributed by atoms with Crippen LogP contribution in [0.3, 0.4) is 0 Å². The number of hydrogen-bond donors (Lipinski definition) is 0. The predicted molar refractivity (Wildman–Crippen MR) is 105 cm³/mol. The first-order valence-electron chi connectivity index (χ1n) is 10.8. The molecule has 0 N–H and O–H groups in total. The predicted octanol–water partition coefficient (Wildman–Crippen LogP) is 4.16. The normalized spacial score (nSPS) is 27.8. The molecule has 3 aliphatic rings. The van der Waals surface area contributed by atoms with Gasteiger partial charge in [-0.25, -0.2) is 0 Å². The van der Waals surface area contributed by atoms with Crippen LogP contribution in [0, 0.1) is 17.8 Å². The lowest BCUT2D eigenvalue weighted by molar-refractivity contribution is -0.274. The molecule has 0 aromatic heterocycles. The summed E-state index contributed by atoms with van der Waals surface area (Å²) in [6, 6.07) is 6.21. The van der Waals surface area contributed by atoms with Crippen LogP contribution in [0.5, 0.6) is 5.75 Å². The summed E-state index contributed by atoms with van der Waals surface area (Å²) in [6.07, 6.45) is 0.555. The van der Waals surface area contributed by atoms with Crippen LogP contribution in [-0.4, -0.2) is 62.1 Å². The monoisotopic (exact) mass is 412 g/mol. The highest BCUT2D eigenvalue weighted by atomic mass is 19.4. The van der Waals surface area contributed by atoms with Gasteiger partial charge in [0, 0.05) is 32.8 Å². The first kappa shape index (κ1) is 20.9. The number of piperidine rings is 2. The van der Waals surface area contributed by atoms with E-state index in [0.29, 0.717) is 5.92 Å². The Morgan fingerprint density at radius 2 is 1.62 bits per heavy atom. The average Bonchev–Trinajstić information content (AvgIpc) is 3.14. The lowest BCUT2D eigenvalue weighted by Crippen LogP contribution is -2.31. The van der Waals surface area contributed by atoms with E-state index in [4.69, 9.17) is 4.74 Å². The molecular formula is C22H31F3N2O2. The second-order valence-electron chi connectivity index (χ2n) is 8.71. The van der Waals surface area contributed by atoms with Crippen molar-refractivity contribution in [2.75, 3.05) is 45.9 Å². The largest absolute Gasteiger partial charge is 0.573 e. The first-order valence-corrected chi connectivity index (χ1v) is 10.8. The van der Waals surface area contributed by atoms with Crippen molar-refractivity contribution in [1.82, 2.24) is 9.80 Å². The Kier molecular flexibility index (Phi) is 6.66. The van der Waals surface area contributed by atoms with Crippen molar-refractivity contribution < 1.29 is 22.6 Å². The quantitative estimate of drug-likeness (QED) is 0.569. The SMILES string of the molecule is FC(F)(F)Oc1ccc(CN2CC3C(COCCCN4CCCCC4)C3C2)cc1. The molecule has 2 unspecified atom stereocenters. The molecule has 2 heterocycles. The van der Waals surface area contributed by atoms with Crippen LogP contribution in [-0.2, 0) is 11.3 Å². The zero-order chi connectivity index (χ0) is 20.3. The van der Waals surface area contributed by atoms with E-state index in [1.165, 1.54) is 44.5 Å². The molecule has 1 aromatic rings. The number of nitrogens with zero attached hydrogens (tertiary/aromatic N) is 2. The number of benzene rings is 1. The van der Waals surface area contributed by atoms with E-state index in [9.17, 15) is 13.2 Å². The minimum absolute atomic E-state index is 0.164. The second kappa shape index (κ2) is 9.23. The standard InChI is InChI=1S/C22H31F3N2O2/c23-22(24,25)29-18-7-5-17(6-8-18)13-27-14-19-20(15-27)21(19)16-28-12-4-11-26-9-2-1-3-10-26/h5-8,19-21H,1-4,9-16H2. The zero-order valence-corrected chi connectivity index (χ0v) is 16.9. The third-order valence-electron chi connectivity index (χ3n) is 6.53. The van der Waals surface area contributed by atoms with Gasteiger partial charge >= 0.3 is 6.36 Å². The van der Waals surface area contributed by atoms with Gasteiger partial charge in [-0.1, -0.05) is 18.6 Å². The maximum atomic E-state index is 12.2. The number of fused-ring (bicyclic) bond motifs is 1. The lowest BCUT2D eigenvalue weighted by Gasteiger charge is -2.26. The zero-order valence-electron chi connectivity index (χ0n) is 16.9. The summed E-state index contributed by atoms with van der Waals surface area (Å²) in [5.41, 5.74) is 1.02. The van der Waals surface area contributed by atoms with E-state index >= 15 is 0 Å². The molecule has 2 atom stereocenters. The Morgan fingerprint density at radius 3 is 2.28 bits per heavy atom. The summed E-state index contributed by atoms with van der Waals surface area (Å²) in [5.74, 6) is 1.99. The van der Waals surface area contributed by atoms with E-state index < -0.39 is 6.36 Å². The molecule has 4 nitrogen and oxygen atoms in total. The molecule has 7 heteroatoms. The highest BCUT2D eigenvalue weighted by molar-refractivity contribution is 5.27. The van der Waals surface area contributed by atoms with E-state index in [0.717, 1.165) is 63.2 Å². The van der Waals surface area contributed by atoms with Crippen molar-refractivity contribution in [2.24, 2.45) is 17.8 Å². The van der Waals surface area contributed by atoms with E-state index in [2.05, 4.69) is 14.5 Å². The summed E-state index contributed by atoms with van der Waals surface area (Å²) < 4.78 is 46.5. The fourth-order valence-electron chi connectivity index (χ4n) is 4.96. The Balaban J connectivity index is 1.08. The summed E-state index contributed by atoms with van der Waals surface area (Å²) >= 11 is 0. The van der Waals surface area contributed by atoms with Crippen LogP contribution in [0.2, 0.25) is 0 Å². The van der Waals surface area contributed by atoms with Gasteiger partial charge in [-0.3, -0.25) is 4.90 Å². The van der Waals surface area contributed by atoms with Gasteiger partial charge in [-0.15, -0.1) is 13.2 Å². The van der Waals surface area contributed by atoms with Gasteiger partial charge in [0.2, 0.25) is 0 Å². The van der Waals surface area contributed by atoms with Crippen LogP contribution < -0.4 is 4.74 Å². The maximum absolute atomic E-state index is 12.2. The summed E-state index contributed by atoms with van der Waals surface area (Å²) in [6.45, 7) is 8.32. The second-order valence-corrected chi connectivity index (χ2v) is 8.71. The van der Waals surface area contributed by atoms with Crippen LogP contribution >= 0.6 is 0 Å². The molecule has 3 fully saturated rings. The van der Waals surface area contributed by atoms with Crippen molar-refractivity contribution in [3.8, 4) is 5.75 Å². The third kappa shape index (κ3) is 6.09. The number of hydrogen-bond acceptors (Lipinski definition) is 4. The van der Waals surface area contributed by atoms with Crippen molar-refractivity contribution in [1.29, 1.82) is 0 Å². The summed E-state index contributed by atoms with van der Waals surface area (Å²) in [4.78, 5) is 4.94. The molecule has 4 rings (SSSR count). The number of halogens is 3. The molecule has 29 heavy (non-hydrogen) atoms. The van der Waals surface area contributed by atoms with Gasteiger partial charge in [-0.05, 0) is 67.8 Å². The number of ether oxygens (including phenoxy) is 2. The van der Waals surface area contributed by atoms with Gasteiger partial charge in [0.15, 0.2) is 0 Å². The molecule has 0 spiro atoms. The highest BCUT2D eigenvalue weighted by Crippen LogP contribution is 2.52. The summed E-state index contributed by atoms with van der Waals surface area (Å²) in [7, 11) is 0. The maximum Gasteiger partial charge on any atom is 0.573 e. The molecule has 2 saturated heterocycles. The van der Waals surface area contributed by atoms with Gasteiger partial charge in [-0.2, -0.15) is 0 Å². The lowest BCUT2D eigenvalue weighted by atomic mass is 10.1. The van der Waals surface area contributed by atoms with E-state index in [1.807, 2.05) is 0 Å². The Hall–Kier alpha value is -1.31. The van der Waals surface area contributed by atoms with Crippen LogP contribution in [0.4, 0.5) is 13.2 Å². The number of rotatable bonds is 9. The Bertz CT molecular complexity index is 634. The van der Waals surface area contributed by atoms with Crippen molar-refractivity contribution >= 4 is 0 Å². The molecule has 2 aliphatic heterocycles. The van der Waals surface area contributed by atoms with Crippen LogP contribution in [0.15, 0.2) is 24.3 Å². The van der Waals surface area contributed by atoms with Crippen molar-refractivity contribution in [2.45, 2.75) is 38.6 Å². The third-order valence-corrected chi connectivity index (χ3v) is 6.53. The Labute approximate surface area is 170 Å². The fraction of sp³-hybridized carbons (Fsp3) is 0.727. The fourth-order valence-corrected chi connectivity index (χ4v) is 4.96. The minimum atomic E-state index is -4.64. The molecule has 0 bridgehead atoms. The molecule has 0 radical (unpaired) electrons. The molecule has 1 saturated carbocycles. The van der Waals surface area contributed by atoms with E-state index in [1.54, 1.807) is 12.1 Å². The van der Waals surface area contributed by atoms with Crippen LogP contribution in [0.25, 0.3) is 0 Å². The van der Waals surface area contributed by atoms with Crippen LogP contribution in [0.1, 0.15) is 31.2 Å². The highest BCUT2D eigenvalue weighted by Gasteiger charge is 2.55. The average molecular weight is 412 g/mol. The van der Waals surface area contributed by atoms with Gasteiger partial charge in [0.1, 0.15) is 5.75 Å². The molecule has 1 aromatic carbocycles. The molecule has 162 valence electrons. The number of alkyl halides is 3. The molecule has 0 amide bonds. The smallest absolute Gasteiger partial charge is 0.406 e. The van der Waals surface area contributed by atoms with Crippen molar-refractivity contribution in [3.63, 3.8) is 0 Å². The Morgan fingerprint density at radius 1 is 0.931 bits per heavy atom. The summed E-state index contributed by atoms with van der Waals surface area (Å²) in [5, 5.41) is 0. The van der Waals surface area contributed by atoms with Gasteiger partial charge < -0.3 is 14.4 Å². The van der Waals surface area contributed by atoms with Gasteiger partial charge in [0.25, 0.3) is 0 Å². The molecule has 1 aliphatic carbocycles.